The van der Waals surface area contributed by atoms with Crippen LogP contribution in [0, 0.1) is 0 Å². The molecule has 106 valence electrons. The number of fused-ring (bicyclic) bond motifs is 1. The summed E-state index contributed by atoms with van der Waals surface area (Å²) in [6.07, 6.45) is 4.82. The van der Waals surface area contributed by atoms with Gasteiger partial charge in [0.25, 0.3) is 5.56 Å². The first-order valence-corrected chi connectivity index (χ1v) is 6.26. The van der Waals surface area contributed by atoms with Gasteiger partial charge >= 0.3 is 7.12 Å². The predicted octanol–water partition coefficient (Wildman–Crippen LogP) is -1.29. The normalized spacial score (nSPS) is 10.8. The molecule has 3 rings (SSSR count). The van der Waals surface area contributed by atoms with Crippen LogP contribution < -0.4 is 16.5 Å². The van der Waals surface area contributed by atoms with E-state index in [4.69, 9.17) is 10.0 Å². The lowest BCUT2D eigenvalue weighted by Crippen LogP contribution is -2.37. The Morgan fingerprint density at radius 2 is 2.19 bits per heavy atom. The predicted molar refractivity (Wildman–Crippen MR) is 77.2 cm³/mol. The van der Waals surface area contributed by atoms with Gasteiger partial charge in [-0.15, -0.1) is 0 Å². The smallest absolute Gasteiger partial charge is 0.422 e. The number of rotatable bonds is 4. The Morgan fingerprint density at radius 1 is 1.33 bits per heavy atom. The molecule has 4 N–H and O–H groups in total. The van der Waals surface area contributed by atoms with Crippen LogP contribution in [-0.2, 0) is 6.54 Å². The highest BCUT2D eigenvalue weighted by atomic mass is 16.4. The van der Waals surface area contributed by atoms with E-state index >= 15 is 0 Å². The van der Waals surface area contributed by atoms with Gasteiger partial charge in [-0.3, -0.25) is 9.78 Å². The molecule has 0 saturated heterocycles. The second-order valence-corrected chi connectivity index (χ2v) is 4.42. The third-order valence-corrected chi connectivity index (χ3v) is 2.94. The van der Waals surface area contributed by atoms with Crippen LogP contribution >= 0.6 is 0 Å². The number of imidazole rings is 1. The van der Waals surface area contributed by atoms with E-state index in [9.17, 15) is 4.79 Å². The molecule has 0 aliphatic carbocycles. The molecule has 0 aromatic carbocycles. The molecular formula is C12H12BN5O3. The zero-order valence-corrected chi connectivity index (χ0v) is 10.9. The molecule has 3 aromatic heterocycles. The molecule has 0 amide bonds. The summed E-state index contributed by atoms with van der Waals surface area (Å²) in [6.45, 7) is 0.125. The molecule has 0 aliphatic rings. The number of pyridine rings is 1. The number of nitrogens with zero attached hydrogens (tertiary/aromatic N) is 3. The van der Waals surface area contributed by atoms with Gasteiger partial charge in [-0.25, -0.2) is 4.98 Å². The first-order valence-electron chi connectivity index (χ1n) is 6.26. The van der Waals surface area contributed by atoms with Crippen LogP contribution in [0.5, 0.6) is 0 Å². The van der Waals surface area contributed by atoms with E-state index < -0.39 is 12.7 Å². The number of aromatic nitrogens is 4. The molecule has 0 aliphatic heterocycles. The van der Waals surface area contributed by atoms with Crippen LogP contribution in [0.25, 0.3) is 5.65 Å². The van der Waals surface area contributed by atoms with E-state index in [0.717, 1.165) is 5.65 Å². The van der Waals surface area contributed by atoms with Crippen molar-refractivity contribution in [2.75, 3.05) is 5.32 Å². The largest absolute Gasteiger partial charge is 0.509 e. The number of hydrogen-bond acceptors (Lipinski definition) is 6. The highest BCUT2D eigenvalue weighted by Crippen LogP contribution is 2.09. The molecule has 0 fully saturated rings. The minimum atomic E-state index is -1.73. The number of nitrogens with one attached hydrogen (secondary N) is 2. The molecule has 0 unspecified atom stereocenters. The summed E-state index contributed by atoms with van der Waals surface area (Å²) in [5.74, 6) is 0.595. The first-order chi connectivity index (χ1) is 10.1. The minimum Gasteiger partial charge on any atom is -0.422 e. The minimum absolute atomic E-state index is 0.0126. The van der Waals surface area contributed by atoms with Crippen molar-refractivity contribution in [1.82, 2.24) is 19.4 Å². The van der Waals surface area contributed by atoms with Gasteiger partial charge in [-0.1, -0.05) is 6.07 Å². The van der Waals surface area contributed by atoms with Gasteiger partial charge in [-0.2, -0.15) is 0 Å². The third kappa shape index (κ3) is 2.78. The molecule has 0 radical (unpaired) electrons. The van der Waals surface area contributed by atoms with E-state index in [1.165, 1.54) is 6.20 Å². The lowest BCUT2D eigenvalue weighted by atomic mass is 9.87. The second-order valence-electron chi connectivity index (χ2n) is 4.42. The van der Waals surface area contributed by atoms with Crippen LogP contribution in [-0.4, -0.2) is 36.5 Å². The van der Waals surface area contributed by atoms with E-state index in [0.29, 0.717) is 5.82 Å². The summed E-state index contributed by atoms with van der Waals surface area (Å²) < 4.78 is 1.84. The quantitative estimate of drug-likeness (QED) is 0.443. The lowest BCUT2D eigenvalue weighted by molar-refractivity contribution is 0.424. The Morgan fingerprint density at radius 3 is 2.95 bits per heavy atom. The van der Waals surface area contributed by atoms with Crippen molar-refractivity contribution in [3.8, 4) is 0 Å². The van der Waals surface area contributed by atoms with E-state index in [2.05, 4.69) is 20.3 Å². The van der Waals surface area contributed by atoms with Crippen molar-refractivity contribution in [3.63, 3.8) is 0 Å². The molecule has 21 heavy (non-hydrogen) atoms. The van der Waals surface area contributed by atoms with Crippen molar-refractivity contribution in [3.05, 3.63) is 52.8 Å². The van der Waals surface area contributed by atoms with E-state index in [1.807, 2.05) is 28.8 Å². The van der Waals surface area contributed by atoms with Crippen molar-refractivity contribution < 1.29 is 10.0 Å². The monoisotopic (exact) mass is 285 g/mol. The Hall–Kier alpha value is -2.65. The zero-order valence-electron chi connectivity index (χ0n) is 10.9. The maximum absolute atomic E-state index is 11.6. The highest BCUT2D eigenvalue weighted by molar-refractivity contribution is 6.57. The van der Waals surface area contributed by atoms with E-state index in [1.54, 1.807) is 6.20 Å². The lowest BCUT2D eigenvalue weighted by Gasteiger charge is -2.04. The van der Waals surface area contributed by atoms with Crippen molar-refractivity contribution >= 4 is 24.2 Å². The molecule has 0 bridgehead atoms. The number of H-pyrrole nitrogens is 1. The molecule has 8 nitrogen and oxygen atoms in total. The van der Waals surface area contributed by atoms with Crippen LogP contribution in [0.2, 0.25) is 0 Å². The SMILES string of the molecule is O=c1[nH]cc(B(O)O)nc1CNc1cn2ccccc2n1. The second kappa shape index (κ2) is 5.39. The topological polar surface area (TPSA) is 116 Å². The van der Waals surface area contributed by atoms with Gasteiger partial charge in [-0.05, 0) is 12.1 Å². The standard InChI is InChI=1S/C12H12BN5O3/c19-12-8(16-9(6-15-12)13(20)21)5-14-10-7-18-4-2-1-3-11(18)17-10/h1-4,6-7,14,20-21H,5H2,(H,15,19). The van der Waals surface area contributed by atoms with Crippen molar-refractivity contribution in [1.29, 1.82) is 0 Å². The van der Waals surface area contributed by atoms with Crippen LogP contribution in [0.4, 0.5) is 5.82 Å². The summed E-state index contributed by atoms with van der Waals surface area (Å²) in [4.78, 5) is 22.3. The Balaban J connectivity index is 1.81. The molecule has 3 heterocycles. The fourth-order valence-electron chi connectivity index (χ4n) is 1.91. The molecule has 0 saturated carbocycles. The highest BCUT2D eigenvalue weighted by Gasteiger charge is 2.15. The first kappa shape index (κ1) is 13.3. The third-order valence-electron chi connectivity index (χ3n) is 2.94. The summed E-state index contributed by atoms with van der Waals surface area (Å²) >= 11 is 0. The summed E-state index contributed by atoms with van der Waals surface area (Å²) in [5, 5.41) is 21.1. The average molecular weight is 285 g/mol. The summed E-state index contributed by atoms with van der Waals surface area (Å²) in [7, 11) is -1.73. The summed E-state index contributed by atoms with van der Waals surface area (Å²) in [6, 6.07) is 5.63. The Kier molecular flexibility index (Phi) is 3.42. The van der Waals surface area contributed by atoms with Gasteiger partial charge in [0.1, 0.15) is 17.2 Å². The van der Waals surface area contributed by atoms with Gasteiger partial charge in [0, 0.05) is 12.4 Å². The molecule has 0 atom stereocenters. The van der Waals surface area contributed by atoms with Gasteiger partial charge in [0.05, 0.1) is 18.3 Å². The maximum Gasteiger partial charge on any atom is 0.509 e. The van der Waals surface area contributed by atoms with Gasteiger partial charge in [0.2, 0.25) is 0 Å². The summed E-state index contributed by atoms with van der Waals surface area (Å²) in [5.41, 5.74) is 0.524. The number of anilines is 1. The fourth-order valence-corrected chi connectivity index (χ4v) is 1.91. The molecule has 0 spiro atoms. The number of aromatic amines is 1. The average Bonchev–Trinajstić information content (AvgIpc) is 2.89. The molecule has 3 aromatic rings. The van der Waals surface area contributed by atoms with E-state index in [-0.39, 0.29) is 17.8 Å². The zero-order chi connectivity index (χ0) is 14.8. The molecular weight excluding hydrogens is 273 g/mol. The van der Waals surface area contributed by atoms with Crippen LogP contribution in [0.3, 0.4) is 0 Å². The van der Waals surface area contributed by atoms with Gasteiger partial charge < -0.3 is 24.7 Å². The Bertz CT molecular complexity index is 796. The Labute approximate surface area is 119 Å². The number of hydrogen-bond donors (Lipinski definition) is 4. The molecule has 9 heteroatoms. The van der Waals surface area contributed by atoms with Crippen molar-refractivity contribution in [2.24, 2.45) is 0 Å². The van der Waals surface area contributed by atoms with Crippen molar-refractivity contribution in [2.45, 2.75) is 6.54 Å². The van der Waals surface area contributed by atoms with Gasteiger partial charge in [0.15, 0.2) is 0 Å². The maximum atomic E-state index is 11.6. The van der Waals surface area contributed by atoms with Crippen LogP contribution in [0.1, 0.15) is 5.69 Å². The fraction of sp³-hybridized carbons (Fsp3) is 0.0833. The van der Waals surface area contributed by atoms with Crippen LogP contribution in [0.15, 0.2) is 41.6 Å².